The van der Waals surface area contributed by atoms with Crippen LogP contribution in [0.2, 0.25) is 0 Å². The number of hydrogen-bond acceptors (Lipinski definition) is 2. The van der Waals surface area contributed by atoms with Crippen molar-refractivity contribution >= 4 is 12.6 Å². The summed E-state index contributed by atoms with van der Waals surface area (Å²) >= 11 is 4.17. The first kappa shape index (κ1) is 9.34. The number of nitrogens with zero attached hydrogens (tertiary/aromatic N) is 2. The summed E-state index contributed by atoms with van der Waals surface area (Å²) in [6, 6.07) is 10.3. The van der Waals surface area contributed by atoms with Crippen LogP contribution in [0.4, 0.5) is 0 Å². The van der Waals surface area contributed by atoms with Crippen molar-refractivity contribution < 1.29 is 0 Å². The monoisotopic (exact) mass is 204 g/mol. The van der Waals surface area contributed by atoms with Crippen molar-refractivity contribution in [1.29, 1.82) is 0 Å². The second-order valence-corrected chi connectivity index (χ2v) is 3.50. The summed E-state index contributed by atoms with van der Waals surface area (Å²) in [5, 5.41) is 0. The summed E-state index contributed by atoms with van der Waals surface area (Å²) in [7, 11) is 0. The number of thiol groups is 1. The lowest BCUT2D eigenvalue weighted by Crippen LogP contribution is -1.95. The molecular weight excluding hydrogens is 192 g/mol. The highest BCUT2D eigenvalue weighted by Crippen LogP contribution is 2.04. The van der Waals surface area contributed by atoms with Crippen LogP contribution in [0.25, 0.3) is 0 Å². The van der Waals surface area contributed by atoms with E-state index in [0.717, 1.165) is 12.2 Å². The number of hydrogen-bond donors (Lipinski definition) is 1. The minimum Gasteiger partial charge on any atom is -0.333 e. The lowest BCUT2D eigenvalue weighted by molar-refractivity contribution is 0.797. The zero-order valence-electron chi connectivity index (χ0n) is 7.80. The molecule has 0 aliphatic carbocycles. The van der Waals surface area contributed by atoms with E-state index in [1.165, 1.54) is 5.56 Å². The van der Waals surface area contributed by atoms with Crippen molar-refractivity contribution in [3.8, 4) is 0 Å². The average molecular weight is 204 g/mol. The molecule has 0 fully saturated rings. The van der Waals surface area contributed by atoms with Gasteiger partial charge in [0.2, 0.25) is 0 Å². The molecule has 3 heteroatoms. The van der Waals surface area contributed by atoms with E-state index in [0.29, 0.717) is 5.75 Å². The standard InChI is InChI=1S/C11H12N2S/c14-8-11-7-13(9-12-11)6-10-4-2-1-3-5-10/h1-5,7,9,14H,6,8H2. The maximum Gasteiger partial charge on any atom is 0.0952 e. The zero-order chi connectivity index (χ0) is 9.80. The van der Waals surface area contributed by atoms with E-state index in [2.05, 4.69) is 34.3 Å². The summed E-state index contributed by atoms with van der Waals surface area (Å²) in [5.41, 5.74) is 2.31. The molecule has 72 valence electrons. The van der Waals surface area contributed by atoms with Gasteiger partial charge in [-0.3, -0.25) is 0 Å². The number of benzene rings is 1. The van der Waals surface area contributed by atoms with Gasteiger partial charge in [0, 0.05) is 18.5 Å². The number of aromatic nitrogens is 2. The average Bonchev–Trinajstić information content (AvgIpc) is 2.67. The number of imidazole rings is 1. The van der Waals surface area contributed by atoms with Gasteiger partial charge >= 0.3 is 0 Å². The lowest BCUT2D eigenvalue weighted by atomic mass is 10.2. The molecule has 0 saturated carbocycles. The SMILES string of the molecule is SCc1cn(Cc2ccccc2)cn1. The Balaban J connectivity index is 2.11. The van der Waals surface area contributed by atoms with E-state index in [-0.39, 0.29) is 0 Å². The van der Waals surface area contributed by atoms with Crippen LogP contribution in [0.5, 0.6) is 0 Å². The highest BCUT2D eigenvalue weighted by molar-refractivity contribution is 7.79. The fourth-order valence-corrected chi connectivity index (χ4v) is 1.53. The van der Waals surface area contributed by atoms with Gasteiger partial charge in [0.05, 0.1) is 12.0 Å². The summed E-state index contributed by atoms with van der Waals surface area (Å²) in [5.74, 6) is 0.696. The van der Waals surface area contributed by atoms with Crippen molar-refractivity contribution in [2.24, 2.45) is 0 Å². The van der Waals surface area contributed by atoms with E-state index >= 15 is 0 Å². The van der Waals surface area contributed by atoms with E-state index in [4.69, 9.17) is 0 Å². The quantitative estimate of drug-likeness (QED) is 0.760. The van der Waals surface area contributed by atoms with E-state index in [1.54, 1.807) is 0 Å². The Kier molecular flexibility index (Phi) is 2.89. The van der Waals surface area contributed by atoms with Gasteiger partial charge in [-0.25, -0.2) is 4.98 Å². The topological polar surface area (TPSA) is 17.8 Å². The van der Waals surface area contributed by atoms with Crippen molar-refractivity contribution in [2.75, 3.05) is 0 Å². The van der Waals surface area contributed by atoms with Crippen LogP contribution >= 0.6 is 12.6 Å². The van der Waals surface area contributed by atoms with Gasteiger partial charge in [-0.05, 0) is 5.56 Å². The fraction of sp³-hybridized carbons (Fsp3) is 0.182. The van der Waals surface area contributed by atoms with Gasteiger partial charge in [0.25, 0.3) is 0 Å². The molecule has 0 aliphatic rings. The predicted molar refractivity (Wildman–Crippen MR) is 60.5 cm³/mol. The summed E-state index contributed by atoms with van der Waals surface area (Å²) in [6.07, 6.45) is 3.87. The molecule has 14 heavy (non-hydrogen) atoms. The highest BCUT2D eigenvalue weighted by atomic mass is 32.1. The first-order valence-corrected chi connectivity index (χ1v) is 5.17. The van der Waals surface area contributed by atoms with Crippen molar-refractivity contribution in [3.63, 3.8) is 0 Å². The minimum atomic E-state index is 0.696. The Bertz CT molecular complexity index is 395. The largest absolute Gasteiger partial charge is 0.333 e. The Labute approximate surface area is 89.0 Å². The van der Waals surface area contributed by atoms with Crippen LogP contribution in [0.3, 0.4) is 0 Å². The van der Waals surface area contributed by atoms with Crippen LogP contribution in [0.1, 0.15) is 11.3 Å². The maximum absolute atomic E-state index is 4.22. The second kappa shape index (κ2) is 4.33. The van der Waals surface area contributed by atoms with Gasteiger partial charge in [0.1, 0.15) is 0 Å². The van der Waals surface area contributed by atoms with Gasteiger partial charge in [-0.15, -0.1) is 0 Å². The molecule has 0 N–H and O–H groups in total. The first-order chi connectivity index (χ1) is 6.88. The number of rotatable bonds is 3. The zero-order valence-corrected chi connectivity index (χ0v) is 8.69. The van der Waals surface area contributed by atoms with Gasteiger partial charge < -0.3 is 4.57 Å². The third-order valence-electron chi connectivity index (χ3n) is 2.06. The van der Waals surface area contributed by atoms with E-state index in [1.807, 2.05) is 30.7 Å². The molecule has 0 radical (unpaired) electrons. The van der Waals surface area contributed by atoms with Crippen molar-refractivity contribution in [2.45, 2.75) is 12.3 Å². The Morgan fingerprint density at radius 2 is 2.00 bits per heavy atom. The lowest BCUT2D eigenvalue weighted by Gasteiger charge is -2.00. The predicted octanol–water partition coefficient (Wildman–Crippen LogP) is 2.36. The third-order valence-corrected chi connectivity index (χ3v) is 2.38. The third kappa shape index (κ3) is 2.17. The van der Waals surface area contributed by atoms with Crippen LogP contribution in [0, 0.1) is 0 Å². The first-order valence-electron chi connectivity index (χ1n) is 4.54. The second-order valence-electron chi connectivity index (χ2n) is 3.18. The van der Waals surface area contributed by atoms with E-state index in [9.17, 15) is 0 Å². The molecule has 0 unspecified atom stereocenters. The van der Waals surface area contributed by atoms with Gasteiger partial charge in [-0.1, -0.05) is 30.3 Å². The molecule has 2 nitrogen and oxygen atoms in total. The Morgan fingerprint density at radius 1 is 1.21 bits per heavy atom. The van der Waals surface area contributed by atoms with Crippen LogP contribution < -0.4 is 0 Å². The molecule has 0 bridgehead atoms. The highest BCUT2D eigenvalue weighted by Gasteiger charge is 1.96. The van der Waals surface area contributed by atoms with Crippen molar-refractivity contribution in [1.82, 2.24) is 9.55 Å². The normalized spacial score (nSPS) is 10.4. The molecule has 0 spiro atoms. The van der Waals surface area contributed by atoms with Gasteiger partial charge in [-0.2, -0.15) is 12.6 Å². The molecule has 0 saturated heterocycles. The molecular formula is C11H12N2S. The van der Waals surface area contributed by atoms with E-state index < -0.39 is 0 Å². The molecule has 0 aliphatic heterocycles. The maximum atomic E-state index is 4.22. The summed E-state index contributed by atoms with van der Waals surface area (Å²) in [6.45, 7) is 0.877. The van der Waals surface area contributed by atoms with Gasteiger partial charge in [0.15, 0.2) is 0 Å². The molecule has 2 aromatic rings. The molecule has 1 heterocycles. The molecule has 1 aromatic heterocycles. The molecule has 1 aromatic carbocycles. The van der Waals surface area contributed by atoms with Crippen molar-refractivity contribution in [3.05, 3.63) is 54.1 Å². The fourth-order valence-electron chi connectivity index (χ4n) is 1.37. The minimum absolute atomic E-state index is 0.696. The Morgan fingerprint density at radius 3 is 2.64 bits per heavy atom. The smallest absolute Gasteiger partial charge is 0.0952 e. The molecule has 2 rings (SSSR count). The summed E-state index contributed by atoms with van der Waals surface area (Å²) < 4.78 is 2.07. The molecule has 0 atom stereocenters. The Hall–Kier alpha value is -1.22. The molecule has 0 amide bonds. The van der Waals surface area contributed by atoms with Crippen LogP contribution in [-0.2, 0) is 12.3 Å². The van der Waals surface area contributed by atoms with Crippen LogP contribution in [-0.4, -0.2) is 9.55 Å². The summed E-state index contributed by atoms with van der Waals surface area (Å²) in [4.78, 5) is 4.22. The van der Waals surface area contributed by atoms with Crippen LogP contribution in [0.15, 0.2) is 42.9 Å².